The molecule has 31 heavy (non-hydrogen) atoms. The molecular weight excluding hydrogens is 430 g/mol. The summed E-state index contributed by atoms with van der Waals surface area (Å²) in [5.41, 5.74) is 1.88. The number of hydrogen-bond donors (Lipinski definition) is 0. The maximum atomic E-state index is 13.7. The average Bonchev–Trinajstić information content (AvgIpc) is 3.50. The Labute approximate surface area is 189 Å². The van der Waals surface area contributed by atoms with Crippen molar-refractivity contribution in [3.63, 3.8) is 0 Å². The predicted molar refractivity (Wildman–Crippen MR) is 125 cm³/mol. The lowest BCUT2D eigenvalue weighted by molar-refractivity contribution is -0.127. The monoisotopic (exact) mass is 455 g/mol. The van der Waals surface area contributed by atoms with Gasteiger partial charge in [0.25, 0.3) is 5.56 Å². The van der Waals surface area contributed by atoms with Gasteiger partial charge in [-0.1, -0.05) is 11.8 Å². The number of amides is 1. The molecule has 1 fully saturated rings. The van der Waals surface area contributed by atoms with Crippen LogP contribution in [0.4, 0.5) is 0 Å². The van der Waals surface area contributed by atoms with E-state index in [1.54, 1.807) is 15.9 Å². The number of rotatable bonds is 6. The summed E-state index contributed by atoms with van der Waals surface area (Å²) >= 11 is 2.99. The molecule has 2 aromatic heterocycles. The highest BCUT2D eigenvalue weighted by atomic mass is 32.2. The van der Waals surface area contributed by atoms with Gasteiger partial charge in [-0.25, -0.2) is 4.98 Å². The molecule has 1 aromatic carbocycles. The Bertz CT molecular complexity index is 1180. The number of fused-ring (bicyclic) bond motifs is 3. The first-order valence-corrected chi connectivity index (χ1v) is 12.7. The van der Waals surface area contributed by atoms with Gasteiger partial charge in [0, 0.05) is 18.0 Å². The third-order valence-corrected chi connectivity index (χ3v) is 8.01. The first kappa shape index (κ1) is 20.6. The molecule has 1 aliphatic carbocycles. The number of thiophene rings is 1. The van der Waals surface area contributed by atoms with Crippen molar-refractivity contribution in [3.05, 3.63) is 45.1 Å². The Hall–Kier alpha value is -2.32. The van der Waals surface area contributed by atoms with Crippen molar-refractivity contribution in [2.45, 2.75) is 44.2 Å². The second-order valence-electron chi connectivity index (χ2n) is 7.88. The maximum absolute atomic E-state index is 13.7. The molecule has 0 N–H and O–H groups in total. The van der Waals surface area contributed by atoms with Gasteiger partial charge in [0.2, 0.25) is 5.91 Å². The van der Waals surface area contributed by atoms with E-state index < -0.39 is 0 Å². The first-order chi connectivity index (χ1) is 15.2. The highest BCUT2D eigenvalue weighted by Gasteiger charge is 2.25. The molecule has 3 aromatic rings. The number of thioether (sulfide) groups is 1. The number of carbonyl (C=O) groups is 1. The molecule has 0 saturated carbocycles. The van der Waals surface area contributed by atoms with E-state index in [1.807, 2.05) is 36.1 Å². The maximum Gasteiger partial charge on any atom is 0.267 e. The number of ether oxygens (including phenoxy) is 1. The van der Waals surface area contributed by atoms with Gasteiger partial charge in [-0.05, 0) is 68.9 Å². The number of carbonyl (C=O) groups excluding carboxylic acids is 1. The Morgan fingerprint density at radius 3 is 2.68 bits per heavy atom. The van der Waals surface area contributed by atoms with Gasteiger partial charge in [0.1, 0.15) is 10.6 Å². The van der Waals surface area contributed by atoms with E-state index in [4.69, 9.17) is 9.72 Å². The van der Waals surface area contributed by atoms with E-state index in [1.165, 1.54) is 22.2 Å². The highest BCUT2D eigenvalue weighted by molar-refractivity contribution is 7.99. The van der Waals surface area contributed by atoms with Crippen LogP contribution in [0.3, 0.4) is 0 Å². The molecule has 3 heterocycles. The number of nitrogens with zero attached hydrogens (tertiary/aromatic N) is 3. The fourth-order valence-corrected chi connectivity index (χ4v) is 6.61. The number of aromatic nitrogens is 2. The van der Waals surface area contributed by atoms with Gasteiger partial charge in [-0.15, -0.1) is 11.3 Å². The van der Waals surface area contributed by atoms with E-state index in [0.717, 1.165) is 66.8 Å². The summed E-state index contributed by atoms with van der Waals surface area (Å²) in [4.78, 5) is 35.2. The topological polar surface area (TPSA) is 64.4 Å². The third kappa shape index (κ3) is 3.87. The minimum atomic E-state index is -0.0373. The summed E-state index contributed by atoms with van der Waals surface area (Å²) in [5, 5.41) is 1.33. The van der Waals surface area contributed by atoms with Gasteiger partial charge >= 0.3 is 0 Å². The smallest absolute Gasteiger partial charge is 0.267 e. The van der Waals surface area contributed by atoms with Crippen molar-refractivity contribution in [1.29, 1.82) is 0 Å². The number of aryl methyl sites for hydroxylation is 2. The van der Waals surface area contributed by atoms with E-state index in [2.05, 4.69) is 0 Å². The molecule has 2 aliphatic rings. The lowest BCUT2D eigenvalue weighted by Crippen LogP contribution is -2.29. The number of likely N-dealkylation sites (tertiary alicyclic amines) is 1. The standard InChI is InChI=1S/C23H25N3O3S2/c1-2-29-16-10-8-15(9-11-16)26-22(28)20-17-6-5-7-18(17)31-21(20)24-23(26)30-14-19(27)25-12-3-4-13-25/h8-11H,2-7,12-14H2,1H3. The van der Waals surface area contributed by atoms with Crippen LogP contribution in [-0.2, 0) is 17.6 Å². The van der Waals surface area contributed by atoms with Crippen molar-refractivity contribution in [1.82, 2.24) is 14.5 Å². The second kappa shape index (κ2) is 8.67. The van der Waals surface area contributed by atoms with Crippen LogP contribution in [-0.4, -0.2) is 45.8 Å². The Morgan fingerprint density at radius 1 is 1.16 bits per heavy atom. The molecule has 0 spiro atoms. The Morgan fingerprint density at radius 2 is 1.94 bits per heavy atom. The van der Waals surface area contributed by atoms with Crippen molar-refractivity contribution >= 4 is 39.2 Å². The van der Waals surface area contributed by atoms with Crippen LogP contribution in [0.2, 0.25) is 0 Å². The van der Waals surface area contributed by atoms with E-state index in [0.29, 0.717) is 17.5 Å². The lowest BCUT2D eigenvalue weighted by atomic mass is 10.2. The number of hydrogen-bond acceptors (Lipinski definition) is 6. The fourth-order valence-electron chi connectivity index (χ4n) is 4.39. The third-order valence-electron chi connectivity index (χ3n) is 5.90. The quantitative estimate of drug-likeness (QED) is 0.414. The van der Waals surface area contributed by atoms with Crippen molar-refractivity contribution in [2.24, 2.45) is 0 Å². The molecule has 1 amide bonds. The van der Waals surface area contributed by atoms with Crippen LogP contribution in [0.15, 0.2) is 34.2 Å². The summed E-state index contributed by atoms with van der Waals surface area (Å²) in [6, 6.07) is 7.52. The molecular formula is C23H25N3O3S2. The SMILES string of the molecule is CCOc1ccc(-n2c(SCC(=O)N3CCCC3)nc3sc4c(c3c2=O)CCC4)cc1. The van der Waals surface area contributed by atoms with E-state index in [9.17, 15) is 9.59 Å². The van der Waals surface area contributed by atoms with Gasteiger partial charge in [-0.3, -0.25) is 14.2 Å². The fraction of sp³-hybridized carbons (Fsp3) is 0.435. The van der Waals surface area contributed by atoms with Crippen molar-refractivity contribution in [3.8, 4) is 11.4 Å². The Kier molecular flexibility index (Phi) is 5.75. The summed E-state index contributed by atoms with van der Waals surface area (Å²) in [5.74, 6) is 1.17. The minimum Gasteiger partial charge on any atom is -0.494 e. The van der Waals surface area contributed by atoms with Crippen LogP contribution in [0.25, 0.3) is 15.9 Å². The van der Waals surface area contributed by atoms with E-state index in [-0.39, 0.29) is 11.5 Å². The van der Waals surface area contributed by atoms with Crippen molar-refractivity contribution < 1.29 is 9.53 Å². The number of benzene rings is 1. The molecule has 0 bridgehead atoms. The van der Waals surface area contributed by atoms with E-state index >= 15 is 0 Å². The van der Waals surface area contributed by atoms with Gasteiger partial charge in [0.05, 0.1) is 23.4 Å². The van der Waals surface area contributed by atoms with Crippen LogP contribution in [0, 0.1) is 0 Å². The summed E-state index contributed by atoms with van der Waals surface area (Å²) in [6.45, 7) is 4.19. The van der Waals surface area contributed by atoms with Crippen LogP contribution in [0.5, 0.6) is 5.75 Å². The molecule has 0 radical (unpaired) electrons. The van der Waals surface area contributed by atoms with Gasteiger partial charge in [-0.2, -0.15) is 0 Å². The van der Waals surface area contributed by atoms with Crippen LogP contribution < -0.4 is 10.3 Å². The second-order valence-corrected chi connectivity index (χ2v) is 9.90. The molecule has 0 atom stereocenters. The molecule has 1 saturated heterocycles. The lowest BCUT2D eigenvalue weighted by Gasteiger charge is -2.16. The summed E-state index contributed by atoms with van der Waals surface area (Å²) < 4.78 is 7.23. The average molecular weight is 456 g/mol. The summed E-state index contributed by atoms with van der Waals surface area (Å²) in [6.07, 6.45) is 5.20. The van der Waals surface area contributed by atoms with Crippen molar-refractivity contribution in [2.75, 3.05) is 25.4 Å². The first-order valence-electron chi connectivity index (χ1n) is 10.9. The zero-order valence-corrected chi connectivity index (χ0v) is 19.2. The van der Waals surface area contributed by atoms with Gasteiger partial charge in [0.15, 0.2) is 5.16 Å². The van der Waals surface area contributed by atoms with Crippen LogP contribution in [0.1, 0.15) is 36.6 Å². The molecule has 6 nitrogen and oxygen atoms in total. The van der Waals surface area contributed by atoms with Gasteiger partial charge < -0.3 is 9.64 Å². The predicted octanol–water partition coefficient (Wildman–Crippen LogP) is 4.05. The van der Waals surface area contributed by atoms with Crippen LogP contribution >= 0.6 is 23.1 Å². The largest absolute Gasteiger partial charge is 0.494 e. The molecule has 0 unspecified atom stereocenters. The normalized spacial score (nSPS) is 15.6. The summed E-state index contributed by atoms with van der Waals surface area (Å²) in [7, 11) is 0. The zero-order valence-electron chi connectivity index (χ0n) is 17.6. The molecule has 5 rings (SSSR count). The Balaban J connectivity index is 1.56. The molecule has 8 heteroatoms. The molecule has 1 aliphatic heterocycles. The highest BCUT2D eigenvalue weighted by Crippen LogP contribution is 2.36. The zero-order chi connectivity index (χ0) is 21.4. The molecule has 162 valence electrons. The minimum absolute atomic E-state index is 0.0373.